The maximum Gasteiger partial charge on any atom is 0.248 e. The van der Waals surface area contributed by atoms with Crippen LogP contribution in [0.25, 0.3) is 0 Å². The number of anilines is 2. The van der Waals surface area contributed by atoms with Crippen molar-refractivity contribution in [3.05, 3.63) is 46.9 Å². The van der Waals surface area contributed by atoms with Crippen LogP contribution in [0, 0.1) is 20.8 Å². The molecule has 0 saturated carbocycles. The maximum atomic E-state index is 11.0. The van der Waals surface area contributed by atoms with Gasteiger partial charge >= 0.3 is 0 Å². The first kappa shape index (κ1) is 13.0. The predicted octanol–water partition coefficient (Wildman–Crippen LogP) is 2.24. The van der Waals surface area contributed by atoms with Gasteiger partial charge in [-0.2, -0.15) is 0 Å². The normalized spacial score (nSPS) is 10.3. The van der Waals surface area contributed by atoms with Gasteiger partial charge in [-0.15, -0.1) is 0 Å². The van der Waals surface area contributed by atoms with Gasteiger partial charge in [-0.3, -0.25) is 4.79 Å². The molecule has 0 fully saturated rings. The van der Waals surface area contributed by atoms with Crippen molar-refractivity contribution in [1.29, 1.82) is 0 Å². The van der Waals surface area contributed by atoms with Gasteiger partial charge < -0.3 is 11.1 Å². The first-order valence-corrected chi connectivity index (χ1v) is 5.96. The lowest BCUT2D eigenvalue weighted by atomic mass is 10.2. The van der Waals surface area contributed by atoms with E-state index in [-0.39, 0.29) is 0 Å². The van der Waals surface area contributed by atoms with Gasteiger partial charge in [-0.05, 0) is 45.0 Å². The van der Waals surface area contributed by atoms with Crippen LogP contribution >= 0.6 is 0 Å². The van der Waals surface area contributed by atoms with Gasteiger partial charge in [0.15, 0.2) is 0 Å². The predicted molar refractivity (Wildman–Crippen MR) is 74.5 cm³/mol. The zero-order valence-electron chi connectivity index (χ0n) is 11.2. The van der Waals surface area contributed by atoms with Gasteiger partial charge in [0, 0.05) is 22.5 Å². The Labute approximate surface area is 111 Å². The largest absolute Gasteiger partial charge is 0.366 e. The van der Waals surface area contributed by atoms with Crippen LogP contribution in [0.3, 0.4) is 0 Å². The molecular formula is C14H16N4O. The molecule has 1 aromatic heterocycles. The summed E-state index contributed by atoms with van der Waals surface area (Å²) >= 11 is 0. The molecule has 5 heteroatoms. The van der Waals surface area contributed by atoms with Crippen molar-refractivity contribution >= 4 is 17.4 Å². The molecule has 0 aliphatic carbocycles. The van der Waals surface area contributed by atoms with Crippen LogP contribution in [-0.4, -0.2) is 15.9 Å². The molecule has 0 aliphatic heterocycles. The number of nitrogens with two attached hydrogens (primary N) is 1. The molecule has 0 aliphatic rings. The summed E-state index contributed by atoms with van der Waals surface area (Å²) in [5.41, 5.74) is 8.49. The number of rotatable bonds is 3. The molecule has 1 aromatic carbocycles. The molecular weight excluding hydrogens is 240 g/mol. The number of carbonyl (C=O) groups excluding carboxylic acids is 1. The number of aromatic nitrogens is 2. The van der Waals surface area contributed by atoms with Crippen LogP contribution in [0.5, 0.6) is 0 Å². The van der Waals surface area contributed by atoms with E-state index in [0.29, 0.717) is 5.56 Å². The van der Waals surface area contributed by atoms with Crippen molar-refractivity contribution < 1.29 is 4.79 Å². The Balaban J connectivity index is 2.28. The van der Waals surface area contributed by atoms with Gasteiger partial charge in [0.2, 0.25) is 5.91 Å². The van der Waals surface area contributed by atoms with Gasteiger partial charge in [-0.1, -0.05) is 0 Å². The average Bonchev–Trinajstić information content (AvgIpc) is 2.36. The lowest BCUT2D eigenvalue weighted by molar-refractivity contribution is 0.100. The number of amides is 1. The van der Waals surface area contributed by atoms with Crippen LogP contribution in [0.2, 0.25) is 0 Å². The summed E-state index contributed by atoms with van der Waals surface area (Å²) < 4.78 is 0. The molecule has 1 heterocycles. The van der Waals surface area contributed by atoms with Crippen molar-refractivity contribution in [3.8, 4) is 0 Å². The summed E-state index contributed by atoms with van der Waals surface area (Å²) in [4.78, 5) is 19.7. The summed E-state index contributed by atoms with van der Waals surface area (Å²) in [7, 11) is 0. The summed E-state index contributed by atoms with van der Waals surface area (Å²) in [6.45, 7) is 5.77. The van der Waals surface area contributed by atoms with Crippen LogP contribution < -0.4 is 11.1 Å². The van der Waals surface area contributed by atoms with Crippen LogP contribution in [-0.2, 0) is 0 Å². The smallest absolute Gasteiger partial charge is 0.248 e. The summed E-state index contributed by atoms with van der Waals surface area (Å²) in [6.07, 6.45) is 0. The second-order valence-corrected chi connectivity index (χ2v) is 4.40. The third-order valence-corrected chi connectivity index (χ3v) is 2.93. The van der Waals surface area contributed by atoms with Crippen molar-refractivity contribution in [2.75, 3.05) is 5.32 Å². The fraction of sp³-hybridized carbons (Fsp3) is 0.214. The molecule has 0 spiro atoms. The standard InChI is InChI=1S/C14H16N4O/c1-8-9(2)16-10(3)17-14(8)18-12-6-4-11(5-7-12)13(15)19/h4-7H,1-3H3,(H2,15,19)(H,16,17,18). The van der Waals surface area contributed by atoms with Gasteiger partial charge in [0.25, 0.3) is 0 Å². The molecule has 19 heavy (non-hydrogen) atoms. The Bertz CT molecular complexity index is 620. The molecule has 1 amide bonds. The highest BCUT2D eigenvalue weighted by atomic mass is 16.1. The fourth-order valence-corrected chi connectivity index (χ4v) is 1.74. The molecule has 98 valence electrons. The lowest BCUT2D eigenvalue weighted by Crippen LogP contribution is -2.10. The zero-order chi connectivity index (χ0) is 14.0. The maximum absolute atomic E-state index is 11.0. The fourth-order valence-electron chi connectivity index (χ4n) is 1.74. The highest BCUT2D eigenvalue weighted by molar-refractivity contribution is 5.93. The van der Waals surface area contributed by atoms with Crippen molar-refractivity contribution in [2.24, 2.45) is 5.73 Å². The number of carbonyl (C=O) groups is 1. The van der Waals surface area contributed by atoms with E-state index in [2.05, 4.69) is 15.3 Å². The van der Waals surface area contributed by atoms with Crippen LogP contribution in [0.15, 0.2) is 24.3 Å². The number of nitrogens with zero attached hydrogens (tertiary/aromatic N) is 2. The Kier molecular flexibility index (Phi) is 3.46. The highest BCUT2D eigenvalue weighted by Gasteiger charge is 2.06. The first-order valence-electron chi connectivity index (χ1n) is 5.96. The average molecular weight is 256 g/mol. The molecule has 0 bridgehead atoms. The quantitative estimate of drug-likeness (QED) is 0.882. The molecule has 3 N–H and O–H groups in total. The minimum absolute atomic E-state index is 0.434. The van der Waals surface area contributed by atoms with Gasteiger partial charge in [0.05, 0.1) is 0 Å². The molecule has 0 unspecified atom stereocenters. The number of hydrogen-bond acceptors (Lipinski definition) is 4. The SMILES string of the molecule is Cc1nc(C)c(C)c(Nc2ccc(C(N)=O)cc2)n1. The molecule has 0 radical (unpaired) electrons. The van der Waals surface area contributed by atoms with Crippen LogP contribution in [0.1, 0.15) is 27.4 Å². The topological polar surface area (TPSA) is 80.9 Å². The van der Waals surface area contributed by atoms with E-state index in [4.69, 9.17) is 5.73 Å². The minimum Gasteiger partial charge on any atom is -0.366 e. The molecule has 2 rings (SSSR count). The Hall–Kier alpha value is -2.43. The second kappa shape index (κ2) is 5.06. The van der Waals surface area contributed by atoms with Crippen molar-refractivity contribution in [1.82, 2.24) is 9.97 Å². The van der Waals surface area contributed by atoms with Crippen molar-refractivity contribution in [3.63, 3.8) is 0 Å². The highest BCUT2D eigenvalue weighted by Crippen LogP contribution is 2.20. The number of benzene rings is 1. The van der Waals surface area contributed by atoms with E-state index in [9.17, 15) is 4.79 Å². The Morgan fingerprint density at radius 2 is 1.74 bits per heavy atom. The summed E-state index contributed by atoms with van der Waals surface area (Å²) in [5, 5.41) is 3.22. The third-order valence-electron chi connectivity index (χ3n) is 2.93. The van der Waals surface area contributed by atoms with E-state index in [1.165, 1.54) is 0 Å². The number of primary amides is 1. The van der Waals surface area contributed by atoms with Gasteiger partial charge in [-0.25, -0.2) is 9.97 Å². The van der Waals surface area contributed by atoms with E-state index in [0.717, 1.165) is 28.6 Å². The van der Waals surface area contributed by atoms with E-state index < -0.39 is 5.91 Å². The number of aryl methyl sites for hydroxylation is 2. The zero-order valence-corrected chi connectivity index (χ0v) is 11.2. The Morgan fingerprint density at radius 3 is 2.32 bits per heavy atom. The summed E-state index contributed by atoms with van der Waals surface area (Å²) in [5.74, 6) is 1.06. The summed E-state index contributed by atoms with van der Waals surface area (Å²) in [6, 6.07) is 6.96. The molecule has 5 nitrogen and oxygen atoms in total. The van der Waals surface area contributed by atoms with E-state index in [1.54, 1.807) is 24.3 Å². The Morgan fingerprint density at radius 1 is 1.11 bits per heavy atom. The lowest BCUT2D eigenvalue weighted by Gasteiger charge is -2.11. The van der Waals surface area contributed by atoms with Gasteiger partial charge in [0.1, 0.15) is 11.6 Å². The minimum atomic E-state index is -0.434. The first-order chi connectivity index (χ1) is 8.97. The number of hydrogen-bond donors (Lipinski definition) is 2. The van der Waals surface area contributed by atoms with E-state index in [1.807, 2.05) is 20.8 Å². The van der Waals surface area contributed by atoms with Crippen molar-refractivity contribution in [2.45, 2.75) is 20.8 Å². The molecule has 0 atom stereocenters. The number of nitrogens with one attached hydrogen (secondary N) is 1. The van der Waals surface area contributed by atoms with E-state index >= 15 is 0 Å². The molecule has 2 aromatic rings. The monoisotopic (exact) mass is 256 g/mol. The second-order valence-electron chi connectivity index (χ2n) is 4.40. The van der Waals surface area contributed by atoms with Crippen LogP contribution in [0.4, 0.5) is 11.5 Å². The third kappa shape index (κ3) is 2.88. The molecule has 0 saturated heterocycles.